The molecule has 5 aromatic rings. The van der Waals surface area contributed by atoms with Crippen LogP contribution in [0.2, 0.25) is 0 Å². The van der Waals surface area contributed by atoms with Crippen LogP contribution in [0.5, 0.6) is 5.75 Å². The Morgan fingerprint density at radius 1 is 1.15 bits per heavy atom. The molecular weight excluding hydrogens is 427 g/mol. The van der Waals surface area contributed by atoms with Gasteiger partial charge < -0.3 is 24.1 Å². The molecule has 1 amide bonds. The smallest absolute Gasteiger partial charge is 0.262 e. The van der Waals surface area contributed by atoms with E-state index in [0.717, 1.165) is 5.52 Å². The highest BCUT2D eigenvalue weighted by Gasteiger charge is 2.11. The number of amides is 1. The molecule has 2 aromatic carbocycles. The summed E-state index contributed by atoms with van der Waals surface area (Å²) in [5.41, 5.74) is 2.45. The molecule has 3 heterocycles. The second-order valence-electron chi connectivity index (χ2n) is 7.21. The van der Waals surface area contributed by atoms with Crippen molar-refractivity contribution in [2.24, 2.45) is 5.16 Å². The number of nitrogens with one attached hydrogen (secondary N) is 1. The van der Waals surface area contributed by atoms with Gasteiger partial charge in [0.05, 0.1) is 11.7 Å². The summed E-state index contributed by atoms with van der Waals surface area (Å²) in [6.45, 7) is -0.259. The van der Waals surface area contributed by atoms with E-state index in [2.05, 4.69) is 15.5 Å². The molecule has 33 heavy (non-hydrogen) atoms. The molecule has 0 aliphatic rings. The van der Waals surface area contributed by atoms with Crippen LogP contribution in [0, 0.1) is 5.82 Å². The van der Waals surface area contributed by atoms with Crippen LogP contribution in [0.4, 0.5) is 10.1 Å². The predicted molar refractivity (Wildman–Crippen MR) is 118 cm³/mol. The molecule has 0 saturated heterocycles. The number of fused-ring (bicyclic) bond motifs is 2. The SMILES string of the molecule is O=C(COc1ccc2oc(-c3cc4cccn4cn3)c/c(=N/O)c2c1)Nc1ccc(F)cc1. The number of nitrogens with zero attached hydrogens (tertiary/aromatic N) is 3. The highest BCUT2D eigenvalue weighted by Crippen LogP contribution is 2.24. The molecule has 0 aliphatic carbocycles. The van der Waals surface area contributed by atoms with Gasteiger partial charge in [-0.25, -0.2) is 9.37 Å². The summed E-state index contributed by atoms with van der Waals surface area (Å²) < 4.78 is 26.4. The highest BCUT2D eigenvalue weighted by atomic mass is 19.1. The Hall–Kier alpha value is -4.66. The van der Waals surface area contributed by atoms with Crippen LogP contribution in [0.1, 0.15) is 0 Å². The molecule has 0 fully saturated rings. The van der Waals surface area contributed by atoms with Gasteiger partial charge in [0.15, 0.2) is 12.4 Å². The van der Waals surface area contributed by atoms with Gasteiger partial charge in [0.25, 0.3) is 5.91 Å². The number of hydrogen-bond donors (Lipinski definition) is 2. The van der Waals surface area contributed by atoms with E-state index in [1.165, 1.54) is 24.3 Å². The largest absolute Gasteiger partial charge is 0.484 e. The number of carbonyl (C=O) groups excluding carboxylic acids is 1. The molecular formula is C24H17FN4O4. The lowest BCUT2D eigenvalue weighted by atomic mass is 10.2. The van der Waals surface area contributed by atoms with Gasteiger partial charge in [-0.05, 0) is 60.7 Å². The van der Waals surface area contributed by atoms with Crippen molar-refractivity contribution in [2.75, 3.05) is 11.9 Å². The van der Waals surface area contributed by atoms with Crippen LogP contribution in [0.3, 0.4) is 0 Å². The minimum Gasteiger partial charge on any atom is -0.484 e. The Balaban J connectivity index is 1.38. The maximum absolute atomic E-state index is 13.0. The summed E-state index contributed by atoms with van der Waals surface area (Å²) in [5, 5.41) is 16.3. The second kappa shape index (κ2) is 8.46. The number of hydrogen-bond acceptors (Lipinski definition) is 6. The van der Waals surface area contributed by atoms with E-state index in [1.54, 1.807) is 30.6 Å². The van der Waals surface area contributed by atoms with E-state index in [4.69, 9.17) is 9.15 Å². The monoisotopic (exact) mass is 444 g/mol. The summed E-state index contributed by atoms with van der Waals surface area (Å²) in [6, 6.07) is 17.6. The van der Waals surface area contributed by atoms with Gasteiger partial charge in [-0.2, -0.15) is 0 Å². The first kappa shape index (κ1) is 20.3. The number of anilines is 1. The van der Waals surface area contributed by atoms with Crippen LogP contribution in [0.25, 0.3) is 27.9 Å². The molecule has 0 aliphatic heterocycles. The summed E-state index contributed by atoms with van der Waals surface area (Å²) in [7, 11) is 0. The van der Waals surface area contributed by atoms with Gasteiger partial charge in [0.2, 0.25) is 0 Å². The second-order valence-corrected chi connectivity index (χ2v) is 7.21. The first-order valence-corrected chi connectivity index (χ1v) is 9.96. The molecule has 0 saturated carbocycles. The minimum atomic E-state index is -0.402. The molecule has 0 atom stereocenters. The van der Waals surface area contributed by atoms with Gasteiger partial charge in [-0.3, -0.25) is 4.79 Å². The van der Waals surface area contributed by atoms with Crippen LogP contribution >= 0.6 is 0 Å². The van der Waals surface area contributed by atoms with E-state index < -0.39 is 5.91 Å². The van der Waals surface area contributed by atoms with Gasteiger partial charge in [-0.15, -0.1) is 0 Å². The number of carbonyl (C=O) groups is 1. The fourth-order valence-corrected chi connectivity index (χ4v) is 3.40. The average molecular weight is 444 g/mol. The van der Waals surface area contributed by atoms with Crippen molar-refractivity contribution >= 4 is 28.1 Å². The van der Waals surface area contributed by atoms with E-state index in [9.17, 15) is 14.4 Å². The first-order valence-electron chi connectivity index (χ1n) is 9.96. The van der Waals surface area contributed by atoms with Crippen LogP contribution < -0.4 is 15.4 Å². The molecule has 0 radical (unpaired) electrons. The summed E-state index contributed by atoms with van der Waals surface area (Å²) >= 11 is 0. The number of benzene rings is 2. The zero-order valence-electron chi connectivity index (χ0n) is 17.1. The maximum Gasteiger partial charge on any atom is 0.262 e. The normalized spacial score (nSPS) is 11.7. The fourth-order valence-electron chi connectivity index (χ4n) is 3.40. The molecule has 5 rings (SSSR count). The summed E-state index contributed by atoms with van der Waals surface area (Å²) in [6.07, 6.45) is 3.56. The minimum absolute atomic E-state index is 0.259. The van der Waals surface area contributed by atoms with Crippen molar-refractivity contribution in [3.63, 3.8) is 0 Å². The predicted octanol–water partition coefficient (Wildman–Crippen LogP) is 4.19. The van der Waals surface area contributed by atoms with Crippen LogP contribution in [-0.4, -0.2) is 27.1 Å². The molecule has 164 valence electrons. The first-order chi connectivity index (χ1) is 16.1. The van der Waals surface area contributed by atoms with E-state index in [0.29, 0.717) is 33.9 Å². The zero-order chi connectivity index (χ0) is 22.8. The third kappa shape index (κ3) is 4.24. The van der Waals surface area contributed by atoms with E-state index in [-0.39, 0.29) is 17.8 Å². The lowest BCUT2D eigenvalue weighted by Crippen LogP contribution is -2.20. The van der Waals surface area contributed by atoms with Crippen molar-refractivity contribution in [1.29, 1.82) is 0 Å². The fraction of sp³-hybridized carbons (Fsp3) is 0.0417. The van der Waals surface area contributed by atoms with E-state index in [1.807, 2.05) is 28.8 Å². The Morgan fingerprint density at radius 3 is 2.82 bits per heavy atom. The Labute approximate surface area is 186 Å². The maximum atomic E-state index is 13.0. The number of halogens is 1. The third-order valence-corrected chi connectivity index (χ3v) is 4.99. The van der Waals surface area contributed by atoms with Crippen molar-refractivity contribution in [2.45, 2.75) is 0 Å². The lowest BCUT2D eigenvalue weighted by Gasteiger charge is -2.09. The molecule has 0 bridgehead atoms. The average Bonchev–Trinajstić information content (AvgIpc) is 3.31. The van der Waals surface area contributed by atoms with Gasteiger partial charge in [0.1, 0.15) is 28.2 Å². The molecule has 2 N–H and O–H groups in total. The standard InChI is InChI=1S/C24H17FN4O4/c25-15-3-5-16(6-4-15)27-24(30)13-32-18-7-8-22-19(11-18)20(28-31)12-23(33-22)21-10-17-2-1-9-29(17)14-26-21/h1-12,14,31H,13H2,(H,27,30)/b28-20-. The van der Waals surface area contributed by atoms with Crippen LogP contribution in [0.15, 0.2) is 88.8 Å². The number of rotatable bonds is 5. The molecule has 0 unspecified atom stereocenters. The highest BCUT2D eigenvalue weighted by molar-refractivity contribution is 5.92. The quantitative estimate of drug-likeness (QED) is 0.313. The lowest BCUT2D eigenvalue weighted by molar-refractivity contribution is -0.118. The molecule has 8 nitrogen and oxygen atoms in total. The van der Waals surface area contributed by atoms with Crippen molar-refractivity contribution in [1.82, 2.24) is 9.38 Å². The van der Waals surface area contributed by atoms with E-state index >= 15 is 0 Å². The third-order valence-electron chi connectivity index (χ3n) is 4.99. The van der Waals surface area contributed by atoms with Gasteiger partial charge in [0, 0.05) is 23.5 Å². The van der Waals surface area contributed by atoms with Crippen molar-refractivity contribution in [3.8, 4) is 17.2 Å². The Morgan fingerprint density at radius 2 is 2.00 bits per heavy atom. The molecule has 0 spiro atoms. The van der Waals surface area contributed by atoms with Gasteiger partial charge >= 0.3 is 0 Å². The van der Waals surface area contributed by atoms with Crippen molar-refractivity contribution < 1.29 is 23.5 Å². The summed E-state index contributed by atoms with van der Waals surface area (Å²) in [5.74, 6) is 0.0320. The van der Waals surface area contributed by atoms with Gasteiger partial charge in [-0.1, -0.05) is 5.16 Å². The molecule has 3 aromatic heterocycles. The zero-order valence-corrected chi connectivity index (χ0v) is 17.1. The molecule has 9 heteroatoms. The Bertz CT molecular complexity index is 1540. The van der Waals surface area contributed by atoms with Crippen LogP contribution in [-0.2, 0) is 4.79 Å². The summed E-state index contributed by atoms with van der Waals surface area (Å²) in [4.78, 5) is 16.5. The number of aromatic nitrogens is 2. The topological polar surface area (TPSA) is 101 Å². The Kier molecular flexibility index (Phi) is 5.19. The van der Waals surface area contributed by atoms with Crippen molar-refractivity contribution in [3.05, 3.63) is 90.4 Å². The number of ether oxygens (including phenoxy) is 1.